The smallest absolute Gasteiger partial charge is 0.332 e. The molecule has 1 atom stereocenters. The minimum Gasteiger partial charge on any atom is -0.444 e. The molecule has 0 bridgehead atoms. The summed E-state index contributed by atoms with van der Waals surface area (Å²) in [5.41, 5.74) is -2.17. The number of rotatable bonds is 8. The van der Waals surface area contributed by atoms with E-state index in [0.717, 1.165) is 10.1 Å². The number of aliphatic hydroxyl groups excluding tert-OH is 1. The predicted octanol–water partition coefficient (Wildman–Crippen LogP) is 3.69. The summed E-state index contributed by atoms with van der Waals surface area (Å²) in [6, 6.07) is 9.57. The van der Waals surface area contributed by atoms with Crippen LogP contribution in [-0.4, -0.2) is 47.4 Å². The molecule has 1 aliphatic carbocycles. The average molecular weight is 570 g/mol. The van der Waals surface area contributed by atoms with E-state index in [1.54, 1.807) is 6.92 Å². The fourth-order valence-corrected chi connectivity index (χ4v) is 6.55. The van der Waals surface area contributed by atoms with Gasteiger partial charge in [0.2, 0.25) is 5.89 Å². The molecule has 0 radical (unpaired) electrons. The lowest BCUT2D eigenvalue weighted by molar-refractivity contribution is -0.116. The highest BCUT2D eigenvalue weighted by Crippen LogP contribution is 2.37. The molecular formula is C29H35N3O7S. The van der Waals surface area contributed by atoms with E-state index in [1.807, 2.05) is 37.3 Å². The van der Waals surface area contributed by atoms with E-state index in [1.165, 1.54) is 42.2 Å². The van der Waals surface area contributed by atoms with Crippen molar-refractivity contribution < 1.29 is 24.5 Å². The number of oxazole rings is 1. The van der Waals surface area contributed by atoms with Crippen molar-refractivity contribution in [3.05, 3.63) is 74.8 Å². The number of benzene rings is 1. The van der Waals surface area contributed by atoms with Crippen LogP contribution < -0.4 is 11.2 Å². The third kappa shape index (κ3) is 5.19. The molecule has 1 aliphatic rings. The highest BCUT2D eigenvalue weighted by molar-refractivity contribution is 7.22. The first-order valence-corrected chi connectivity index (χ1v) is 14.2. The first-order valence-electron chi connectivity index (χ1n) is 13.4. The Kier molecular flexibility index (Phi) is 7.62. The molecule has 3 N–H and O–H groups in total. The number of hydrogen-bond donors (Lipinski definition) is 3. The third-order valence-corrected chi connectivity index (χ3v) is 9.24. The van der Waals surface area contributed by atoms with Gasteiger partial charge in [0.25, 0.3) is 5.56 Å². The summed E-state index contributed by atoms with van der Waals surface area (Å²) in [6.07, 6.45) is 2.90. The SMILES string of the molecule is Cc1c(-c2ncco2)sc2c1c(=O)n(C(C)(C)C(O)O)c(=O)n2C[C@H](O[C@H]1CC[C@](C)(O)CC1)c1ccccc1. The van der Waals surface area contributed by atoms with E-state index in [4.69, 9.17) is 9.15 Å². The van der Waals surface area contributed by atoms with Gasteiger partial charge in [0.1, 0.15) is 17.2 Å². The van der Waals surface area contributed by atoms with Gasteiger partial charge in [-0.15, -0.1) is 11.3 Å². The molecule has 3 heterocycles. The number of aliphatic hydroxyl groups is 3. The Balaban J connectivity index is 1.69. The van der Waals surface area contributed by atoms with Crippen LogP contribution in [0.3, 0.4) is 0 Å². The second-order valence-corrected chi connectivity index (χ2v) is 12.4. The van der Waals surface area contributed by atoms with Crippen molar-refractivity contribution in [2.75, 3.05) is 0 Å². The molecule has 1 saturated carbocycles. The summed E-state index contributed by atoms with van der Waals surface area (Å²) >= 11 is 1.23. The van der Waals surface area contributed by atoms with Crippen LogP contribution in [-0.2, 0) is 16.8 Å². The van der Waals surface area contributed by atoms with Crippen LogP contribution in [0.5, 0.6) is 0 Å². The minimum atomic E-state index is -1.97. The summed E-state index contributed by atoms with van der Waals surface area (Å²) in [4.78, 5) is 33.2. The molecule has 11 heteroatoms. The van der Waals surface area contributed by atoms with Crippen molar-refractivity contribution in [3.8, 4) is 10.8 Å². The van der Waals surface area contributed by atoms with Crippen LogP contribution in [0.25, 0.3) is 21.0 Å². The summed E-state index contributed by atoms with van der Waals surface area (Å²) in [5, 5.41) is 31.1. The Morgan fingerprint density at radius 3 is 2.48 bits per heavy atom. The maximum absolute atomic E-state index is 14.1. The van der Waals surface area contributed by atoms with Gasteiger partial charge in [-0.2, -0.15) is 0 Å². The zero-order chi connectivity index (χ0) is 28.8. The molecule has 0 amide bonds. The van der Waals surface area contributed by atoms with Crippen molar-refractivity contribution in [2.24, 2.45) is 0 Å². The molecule has 0 unspecified atom stereocenters. The summed E-state index contributed by atoms with van der Waals surface area (Å²) < 4.78 is 14.5. The third-order valence-electron chi connectivity index (χ3n) is 7.93. The number of aromatic nitrogens is 3. The van der Waals surface area contributed by atoms with E-state index in [0.29, 0.717) is 46.8 Å². The fraction of sp³-hybridized carbons (Fsp3) is 0.483. The Morgan fingerprint density at radius 1 is 1.20 bits per heavy atom. The number of thiophene rings is 1. The second-order valence-electron chi connectivity index (χ2n) is 11.4. The number of hydrogen-bond acceptors (Lipinski definition) is 9. The highest BCUT2D eigenvalue weighted by Gasteiger charge is 2.36. The van der Waals surface area contributed by atoms with Crippen LogP contribution >= 0.6 is 11.3 Å². The molecule has 4 aromatic rings. The molecule has 10 nitrogen and oxygen atoms in total. The van der Waals surface area contributed by atoms with E-state index in [2.05, 4.69) is 4.98 Å². The van der Waals surface area contributed by atoms with Gasteiger partial charge in [0.15, 0.2) is 6.29 Å². The zero-order valence-corrected chi connectivity index (χ0v) is 23.9. The highest BCUT2D eigenvalue weighted by atomic mass is 32.1. The van der Waals surface area contributed by atoms with Crippen LogP contribution in [0.15, 0.2) is 56.8 Å². The van der Waals surface area contributed by atoms with Crippen molar-refractivity contribution >= 4 is 21.6 Å². The fourth-order valence-electron chi connectivity index (χ4n) is 5.31. The van der Waals surface area contributed by atoms with Gasteiger partial charge in [-0.1, -0.05) is 30.3 Å². The van der Waals surface area contributed by atoms with Gasteiger partial charge in [-0.25, -0.2) is 14.3 Å². The van der Waals surface area contributed by atoms with Crippen molar-refractivity contribution in [3.63, 3.8) is 0 Å². The largest absolute Gasteiger partial charge is 0.444 e. The molecule has 0 aliphatic heterocycles. The first-order chi connectivity index (χ1) is 18.9. The van der Waals surface area contributed by atoms with Crippen LogP contribution in [0.4, 0.5) is 0 Å². The topological polar surface area (TPSA) is 140 Å². The first kappa shape index (κ1) is 28.4. The second kappa shape index (κ2) is 10.7. The lowest BCUT2D eigenvalue weighted by atomic mass is 9.85. The van der Waals surface area contributed by atoms with Gasteiger partial charge in [0, 0.05) is 0 Å². The summed E-state index contributed by atoms with van der Waals surface area (Å²) in [6.45, 7) is 6.55. The van der Waals surface area contributed by atoms with Crippen LogP contribution in [0.2, 0.25) is 0 Å². The quantitative estimate of drug-likeness (QED) is 0.273. The van der Waals surface area contributed by atoms with Crippen molar-refractivity contribution in [1.29, 1.82) is 0 Å². The number of aryl methyl sites for hydroxylation is 1. The molecule has 1 fully saturated rings. The normalized spacial score (nSPS) is 20.9. The van der Waals surface area contributed by atoms with Crippen LogP contribution in [0, 0.1) is 6.92 Å². The summed E-state index contributed by atoms with van der Waals surface area (Å²) in [7, 11) is 0. The molecule has 0 spiro atoms. The molecular weight excluding hydrogens is 534 g/mol. The van der Waals surface area contributed by atoms with Gasteiger partial charge in [-0.3, -0.25) is 9.36 Å². The van der Waals surface area contributed by atoms with E-state index < -0.39 is 34.8 Å². The van der Waals surface area contributed by atoms with Gasteiger partial charge >= 0.3 is 5.69 Å². The van der Waals surface area contributed by atoms with Crippen molar-refractivity contribution in [1.82, 2.24) is 14.1 Å². The molecule has 3 aromatic heterocycles. The van der Waals surface area contributed by atoms with Gasteiger partial charge in [-0.05, 0) is 64.5 Å². The van der Waals surface area contributed by atoms with E-state index in [9.17, 15) is 24.9 Å². The molecule has 0 saturated heterocycles. The maximum atomic E-state index is 14.1. The van der Waals surface area contributed by atoms with Crippen molar-refractivity contribution in [2.45, 2.75) is 89.6 Å². The number of nitrogens with zero attached hydrogens (tertiary/aromatic N) is 3. The van der Waals surface area contributed by atoms with Crippen LogP contribution in [0.1, 0.15) is 63.7 Å². The Morgan fingerprint density at radius 2 is 1.88 bits per heavy atom. The number of fused-ring (bicyclic) bond motifs is 1. The standard InChI is InChI=1S/C29H35N3O7S/c1-17-21-24(33)32(28(2,3)26(34)35)27(36)31(25(21)40-22(17)23-30-14-15-38-23)16-20(18-8-6-5-7-9-18)39-19-10-12-29(4,37)13-11-19/h5-9,14-15,19-20,26,34-35,37H,10-13,16H2,1-4H3/t19-,20-,29-/m0/s1. The van der Waals surface area contributed by atoms with Gasteiger partial charge in [0.05, 0.1) is 40.2 Å². The minimum absolute atomic E-state index is 0.0785. The summed E-state index contributed by atoms with van der Waals surface area (Å²) in [5.74, 6) is 0.329. The van der Waals surface area contributed by atoms with E-state index in [-0.39, 0.29) is 18.0 Å². The average Bonchev–Trinajstić information content (AvgIpc) is 3.55. The lowest BCUT2D eigenvalue weighted by Crippen LogP contribution is -2.54. The molecule has 40 heavy (non-hydrogen) atoms. The molecule has 5 rings (SSSR count). The zero-order valence-electron chi connectivity index (χ0n) is 23.0. The van der Waals surface area contributed by atoms with Gasteiger partial charge < -0.3 is 24.5 Å². The Hall–Kier alpha value is -3.09. The van der Waals surface area contributed by atoms with E-state index >= 15 is 0 Å². The molecule has 1 aromatic carbocycles. The Bertz CT molecular complexity index is 1590. The monoisotopic (exact) mass is 569 g/mol. The lowest BCUT2D eigenvalue weighted by Gasteiger charge is -2.35. The predicted molar refractivity (Wildman–Crippen MR) is 151 cm³/mol. The molecule has 214 valence electrons. The Labute approximate surface area is 235 Å². The maximum Gasteiger partial charge on any atom is 0.332 e. The number of ether oxygens (including phenoxy) is 1.